The van der Waals surface area contributed by atoms with Crippen LogP contribution in [0, 0.1) is 17.7 Å². The molecule has 6 heteroatoms. The first-order valence-electron chi connectivity index (χ1n) is 7.42. The van der Waals surface area contributed by atoms with Crippen molar-refractivity contribution >= 4 is 28.9 Å². The molecule has 126 valence electrons. The molecule has 1 aromatic carbocycles. The van der Waals surface area contributed by atoms with E-state index < -0.39 is 41.1 Å². The molecule has 2 rings (SSSR count). The third-order valence-electron chi connectivity index (χ3n) is 3.74. The van der Waals surface area contributed by atoms with Crippen LogP contribution >= 0.6 is 11.3 Å². The van der Waals surface area contributed by atoms with Gasteiger partial charge in [0.1, 0.15) is 11.7 Å². The van der Waals surface area contributed by atoms with Crippen LogP contribution in [-0.2, 0) is 9.59 Å². The van der Waals surface area contributed by atoms with Crippen LogP contribution in [0.25, 0.3) is 0 Å². The Morgan fingerprint density at radius 1 is 1.08 bits per heavy atom. The molecule has 0 saturated carbocycles. The maximum atomic E-state index is 13.1. The zero-order valence-electron chi connectivity index (χ0n) is 13.2. The maximum absolute atomic E-state index is 13.1. The van der Waals surface area contributed by atoms with E-state index >= 15 is 0 Å². The Kier molecular flexibility index (Phi) is 5.62. The highest BCUT2D eigenvalue weighted by molar-refractivity contribution is 7.10. The number of halogens is 1. The third-order valence-corrected chi connectivity index (χ3v) is 4.69. The molecule has 0 radical (unpaired) electrons. The highest BCUT2D eigenvalue weighted by Gasteiger charge is 2.41. The van der Waals surface area contributed by atoms with Crippen LogP contribution in [0.15, 0.2) is 41.8 Å². The van der Waals surface area contributed by atoms with Crippen LogP contribution in [0.5, 0.6) is 0 Å². The standard InChI is InChI=1S/C18H17FO4S/c1-10(2)16(20)15(18(22)23)14(13-4-3-9-24-13)17(21)11-5-7-12(19)8-6-11/h3-10,14-15H,1-2H3,(H,22,23). The summed E-state index contributed by atoms with van der Waals surface area (Å²) in [4.78, 5) is 37.6. The van der Waals surface area contributed by atoms with Gasteiger partial charge in [-0.05, 0) is 35.7 Å². The van der Waals surface area contributed by atoms with E-state index in [4.69, 9.17) is 0 Å². The minimum atomic E-state index is -1.47. The number of carbonyl (C=O) groups is 3. The molecule has 1 N–H and O–H groups in total. The van der Waals surface area contributed by atoms with Gasteiger partial charge in [0.2, 0.25) is 0 Å². The van der Waals surface area contributed by atoms with Crippen molar-refractivity contribution in [3.05, 3.63) is 58.0 Å². The van der Waals surface area contributed by atoms with Crippen molar-refractivity contribution in [2.75, 3.05) is 0 Å². The zero-order valence-corrected chi connectivity index (χ0v) is 14.0. The smallest absolute Gasteiger partial charge is 0.315 e. The molecule has 0 aliphatic heterocycles. The van der Waals surface area contributed by atoms with Gasteiger partial charge in [0, 0.05) is 16.4 Å². The van der Waals surface area contributed by atoms with Crippen LogP contribution in [0.2, 0.25) is 0 Å². The van der Waals surface area contributed by atoms with Gasteiger partial charge in [0.25, 0.3) is 0 Å². The molecular weight excluding hydrogens is 331 g/mol. The van der Waals surface area contributed by atoms with Crippen molar-refractivity contribution in [2.24, 2.45) is 11.8 Å². The van der Waals surface area contributed by atoms with E-state index in [0.29, 0.717) is 4.88 Å². The minimum absolute atomic E-state index is 0.178. The molecule has 1 heterocycles. The lowest BCUT2D eigenvalue weighted by Gasteiger charge is -2.22. The van der Waals surface area contributed by atoms with Gasteiger partial charge in [0.15, 0.2) is 11.6 Å². The summed E-state index contributed by atoms with van der Waals surface area (Å²) in [6.07, 6.45) is 0. The monoisotopic (exact) mass is 348 g/mol. The summed E-state index contributed by atoms with van der Waals surface area (Å²) in [5.41, 5.74) is 0.178. The summed E-state index contributed by atoms with van der Waals surface area (Å²) >= 11 is 1.22. The number of hydrogen-bond donors (Lipinski definition) is 1. The summed E-state index contributed by atoms with van der Waals surface area (Å²) < 4.78 is 13.1. The average Bonchev–Trinajstić information content (AvgIpc) is 3.05. The number of Topliss-reactive ketones (excluding diaryl/α,β-unsaturated/α-hetero) is 2. The summed E-state index contributed by atoms with van der Waals surface area (Å²) in [5.74, 6) is -5.94. The fourth-order valence-electron chi connectivity index (χ4n) is 2.49. The van der Waals surface area contributed by atoms with Crippen molar-refractivity contribution in [3.8, 4) is 0 Å². The molecular formula is C18H17FO4S. The average molecular weight is 348 g/mol. The van der Waals surface area contributed by atoms with Crippen LogP contribution in [0.3, 0.4) is 0 Å². The Morgan fingerprint density at radius 2 is 1.71 bits per heavy atom. The molecule has 2 atom stereocenters. The summed E-state index contributed by atoms with van der Waals surface area (Å²) in [6, 6.07) is 8.22. The Balaban J connectivity index is 2.52. The molecule has 4 nitrogen and oxygen atoms in total. The highest BCUT2D eigenvalue weighted by atomic mass is 32.1. The normalized spacial score (nSPS) is 13.5. The second-order valence-electron chi connectivity index (χ2n) is 5.74. The lowest BCUT2D eigenvalue weighted by atomic mass is 9.79. The molecule has 0 aliphatic rings. The van der Waals surface area contributed by atoms with Gasteiger partial charge in [-0.2, -0.15) is 0 Å². The van der Waals surface area contributed by atoms with Crippen molar-refractivity contribution in [1.82, 2.24) is 0 Å². The van der Waals surface area contributed by atoms with Gasteiger partial charge in [-0.3, -0.25) is 14.4 Å². The molecule has 0 spiro atoms. The Bertz CT molecular complexity index is 735. The number of carbonyl (C=O) groups excluding carboxylic acids is 2. The second-order valence-corrected chi connectivity index (χ2v) is 6.72. The number of aliphatic carboxylic acids is 1. The first-order valence-corrected chi connectivity index (χ1v) is 8.30. The molecule has 0 fully saturated rings. The van der Waals surface area contributed by atoms with E-state index in [-0.39, 0.29) is 5.56 Å². The van der Waals surface area contributed by atoms with E-state index in [2.05, 4.69) is 0 Å². The topological polar surface area (TPSA) is 71.4 Å². The Morgan fingerprint density at radius 3 is 2.17 bits per heavy atom. The van der Waals surface area contributed by atoms with Crippen LogP contribution in [0.4, 0.5) is 4.39 Å². The quantitative estimate of drug-likeness (QED) is 0.610. The van der Waals surface area contributed by atoms with Crippen molar-refractivity contribution < 1.29 is 23.9 Å². The molecule has 0 amide bonds. The number of rotatable bonds is 7. The lowest BCUT2D eigenvalue weighted by Crippen LogP contribution is -2.36. The van der Waals surface area contributed by atoms with Gasteiger partial charge in [-0.25, -0.2) is 4.39 Å². The fraction of sp³-hybridized carbons (Fsp3) is 0.278. The molecule has 2 aromatic rings. The predicted molar refractivity (Wildman–Crippen MR) is 88.8 cm³/mol. The first-order chi connectivity index (χ1) is 11.3. The summed E-state index contributed by atoms with van der Waals surface area (Å²) in [5, 5.41) is 11.3. The Hall–Kier alpha value is -2.34. The van der Waals surface area contributed by atoms with Gasteiger partial charge < -0.3 is 5.11 Å². The molecule has 24 heavy (non-hydrogen) atoms. The molecule has 0 bridgehead atoms. The summed E-state index contributed by atoms with van der Waals surface area (Å²) in [6.45, 7) is 3.21. The van der Waals surface area contributed by atoms with Crippen LogP contribution < -0.4 is 0 Å². The number of carboxylic acid groups (broad SMARTS) is 1. The van der Waals surface area contributed by atoms with Crippen molar-refractivity contribution in [3.63, 3.8) is 0 Å². The van der Waals surface area contributed by atoms with Crippen molar-refractivity contribution in [2.45, 2.75) is 19.8 Å². The number of ketones is 2. The van der Waals surface area contributed by atoms with E-state index in [0.717, 1.165) is 12.1 Å². The second kappa shape index (κ2) is 7.49. The van der Waals surface area contributed by atoms with Gasteiger partial charge in [0.05, 0.1) is 5.92 Å². The first kappa shape index (κ1) is 18.0. The molecule has 1 aromatic heterocycles. The van der Waals surface area contributed by atoms with Crippen LogP contribution in [-0.4, -0.2) is 22.6 Å². The van der Waals surface area contributed by atoms with E-state index in [1.165, 1.54) is 23.5 Å². The zero-order chi connectivity index (χ0) is 17.9. The van der Waals surface area contributed by atoms with Gasteiger partial charge >= 0.3 is 5.97 Å². The Labute approximate surface area is 142 Å². The van der Waals surface area contributed by atoms with Gasteiger partial charge in [-0.1, -0.05) is 19.9 Å². The molecule has 0 aliphatic carbocycles. The largest absolute Gasteiger partial charge is 0.481 e. The maximum Gasteiger partial charge on any atom is 0.315 e. The highest BCUT2D eigenvalue weighted by Crippen LogP contribution is 2.34. The number of benzene rings is 1. The minimum Gasteiger partial charge on any atom is -0.481 e. The SMILES string of the molecule is CC(C)C(=O)C(C(=O)O)C(C(=O)c1ccc(F)cc1)c1cccs1. The third kappa shape index (κ3) is 3.76. The van der Waals surface area contributed by atoms with E-state index in [1.807, 2.05) is 0 Å². The predicted octanol–water partition coefficient (Wildman–Crippen LogP) is 3.78. The lowest BCUT2D eigenvalue weighted by molar-refractivity contribution is -0.147. The molecule has 2 unspecified atom stereocenters. The fourth-order valence-corrected chi connectivity index (χ4v) is 3.36. The van der Waals surface area contributed by atoms with E-state index in [1.54, 1.807) is 31.4 Å². The number of hydrogen-bond acceptors (Lipinski definition) is 4. The number of thiophene rings is 1. The van der Waals surface area contributed by atoms with Crippen LogP contribution in [0.1, 0.15) is 35.0 Å². The van der Waals surface area contributed by atoms with Crippen molar-refractivity contribution in [1.29, 1.82) is 0 Å². The van der Waals surface area contributed by atoms with E-state index in [9.17, 15) is 23.9 Å². The summed E-state index contributed by atoms with van der Waals surface area (Å²) in [7, 11) is 0. The molecule has 0 saturated heterocycles. The van der Waals surface area contributed by atoms with Gasteiger partial charge in [-0.15, -0.1) is 11.3 Å². The number of carboxylic acids is 1.